The monoisotopic (exact) mass is 135 g/mol. The van der Waals surface area contributed by atoms with Crippen molar-refractivity contribution in [3.05, 3.63) is 0 Å². The number of alkyl halides is 3. The highest BCUT2D eigenvalue weighted by atomic mass is 35.5. The Kier molecular flexibility index (Phi) is 2.34. The lowest BCUT2D eigenvalue weighted by molar-refractivity contribution is -0.339. The second-order valence-corrected chi connectivity index (χ2v) is 0.779. The highest BCUT2D eigenvalue weighted by Crippen LogP contribution is 2.13. The zero-order chi connectivity index (χ0) is 5.91. The van der Waals surface area contributed by atoms with Gasteiger partial charge in [0.1, 0.15) is 0 Å². The molecule has 0 spiro atoms. The maximum absolute atomic E-state index is 10.7. The van der Waals surface area contributed by atoms with Gasteiger partial charge in [-0.2, -0.15) is 4.84 Å². The van der Waals surface area contributed by atoms with Crippen LogP contribution >= 0.6 is 11.8 Å². The van der Waals surface area contributed by atoms with Crippen molar-refractivity contribution < 1.29 is 18.0 Å². The van der Waals surface area contributed by atoms with Crippen LogP contribution in [0.3, 0.4) is 0 Å². The fraction of sp³-hybridized carbons (Fsp3) is 1.00. The molecule has 1 N–H and O–H groups in total. The predicted molar refractivity (Wildman–Crippen MR) is 16.1 cm³/mol. The fourth-order valence-electron chi connectivity index (χ4n) is 0.0437. The van der Waals surface area contributed by atoms with Gasteiger partial charge in [-0.05, 0) is 0 Å². The van der Waals surface area contributed by atoms with Crippen molar-refractivity contribution in [2.24, 2.45) is 0 Å². The summed E-state index contributed by atoms with van der Waals surface area (Å²) in [6, 6.07) is 0. The molecular formula is CHClF3NO. The Morgan fingerprint density at radius 3 is 1.86 bits per heavy atom. The number of halogens is 4. The minimum absolute atomic E-state index is 0.955. The zero-order valence-electron chi connectivity index (χ0n) is 2.92. The molecule has 0 aliphatic carbocycles. The Hall–Kier alpha value is 0. The summed E-state index contributed by atoms with van der Waals surface area (Å²) in [7, 11) is 0. The molecule has 0 aromatic rings. The summed E-state index contributed by atoms with van der Waals surface area (Å²) in [4.78, 5) is 3.70. The summed E-state index contributed by atoms with van der Waals surface area (Å²) in [5.41, 5.74) is 0. The Labute approximate surface area is 42.3 Å². The maximum Gasteiger partial charge on any atom is 0.540 e. The lowest BCUT2D eigenvalue weighted by Gasteiger charge is -1.99. The smallest absolute Gasteiger partial charge is 0.187 e. The van der Waals surface area contributed by atoms with E-state index in [0.717, 1.165) is 5.00 Å². The van der Waals surface area contributed by atoms with Crippen LogP contribution in [-0.4, -0.2) is 6.36 Å². The van der Waals surface area contributed by atoms with Crippen LogP contribution in [0, 0.1) is 0 Å². The van der Waals surface area contributed by atoms with Crippen molar-refractivity contribution >= 4 is 11.8 Å². The Bertz CT molecular complexity index is 53.4. The van der Waals surface area contributed by atoms with Gasteiger partial charge < -0.3 is 0 Å². The molecule has 0 atom stereocenters. The van der Waals surface area contributed by atoms with Gasteiger partial charge in [0, 0.05) is 11.8 Å². The van der Waals surface area contributed by atoms with E-state index in [-0.39, 0.29) is 0 Å². The van der Waals surface area contributed by atoms with Gasteiger partial charge in [0.15, 0.2) is 0 Å². The van der Waals surface area contributed by atoms with Gasteiger partial charge in [0.2, 0.25) is 0 Å². The van der Waals surface area contributed by atoms with Gasteiger partial charge in [-0.1, -0.05) is 0 Å². The quantitative estimate of drug-likeness (QED) is 0.431. The second-order valence-electron chi connectivity index (χ2n) is 0.625. The summed E-state index contributed by atoms with van der Waals surface area (Å²) < 4.78 is 32.1. The van der Waals surface area contributed by atoms with Crippen LogP contribution in [0.1, 0.15) is 0 Å². The summed E-state index contributed by atoms with van der Waals surface area (Å²) in [6.07, 6.45) is -4.69. The minimum Gasteiger partial charge on any atom is -0.187 e. The Morgan fingerprint density at radius 2 is 1.86 bits per heavy atom. The molecule has 0 saturated carbocycles. The molecule has 0 saturated heterocycles. The van der Waals surface area contributed by atoms with E-state index in [9.17, 15) is 13.2 Å². The first-order valence-electron chi connectivity index (χ1n) is 1.16. The fourth-order valence-corrected chi connectivity index (χ4v) is 0.131. The molecule has 0 heterocycles. The summed E-state index contributed by atoms with van der Waals surface area (Å²) in [5.74, 6) is 0. The van der Waals surface area contributed by atoms with E-state index in [1.165, 1.54) is 0 Å². The predicted octanol–water partition coefficient (Wildman–Crippen LogP) is 1.18. The molecule has 0 radical (unpaired) electrons. The van der Waals surface area contributed by atoms with Crippen molar-refractivity contribution in [1.82, 2.24) is 5.00 Å². The third-order valence-corrected chi connectivity index (χ3v) is 0.231. The van der Waals surface area contributed by atoms with E-state index in [1.54, 1.807) is 0 Å². The van der Waals surface area contributed by atoms with Crippen molar-refractivity contribution in [3.63, 3.8) is 0 Å². The number of hydrogen-bond acceptors (Lipinski definition) is 2. The molecule has 7 heavy (non-hydrogen) atoms. The molecular weight excluding hydrogens is 134 g/mol. The molecule has 0 aliphatic rings. The molecule has 0 bridgehead atoms. The van der Waals surface area contributed by atoms with E-state index in [0.29, 0.717) is 0 Å². The molecule has 2 nitrogen and oxygen atoms in total. The Morgan fingerprint density at radius 1 is 1.43 bits per heavy atom. The van der Waals surface area contributed by atoms with E-state index in [2.05, 4.69) is 16.6 Å². The first-order chi connectivity index (χ1) is 3.06. The molecule has 0 aromatic heterocycles. The number of nitrogens with one attached hydrogen (secondary N) is 1. The molecule has 0 aliphatic heterocycles. The summed E-state index contributed by atoms with van der Waals surface area (Å²) in [6.45, 7) is 0. The van der Waals surface area contributed by atoms with Crippen molar-refractivity contribution in [2.45, 2.75) is 6.36 Å². The highest BCUT2D eigenvalue weighted by Gasteiger charge is 2.29. The average Bonchev–Trinajstić information content (AvgIpc) is 1.30. The lowest BCUT2D eigenvalue weighted by atomic mass is 11.4. The first-order valence-corrected chi connectivity index (χ1v) is 1.54. The third kappa shape index (κ3) is 6.00. The molecule has 0 rings (SSSR count). The molecule has 0 unspecified atom stereocenters. The lowest BCUT2D eigenvalue weighted by Crippen LogP contribution is -2.18. The van der Waals surface area contributed by atoms with Gasteiger partial charge in [0.05, 0.1) is 0 Å². The van der Waals surface area contributed by atoms with Crippen molar-refractivity contribution in [1.29, 1.82) is 0 Å². The van der Waals surface area contributed by atoms with Crippen LogP contribution in [-0.2, 0) is 4.84 Å². The van der Waals surface area contributed by atoms with Crippen molar-refractivity contribution in [3.8, 4) is 0 Å². The Balaban J connectivity index is 3.15. The second kappa shape index (κ2) is 2.34. The van der Waals surface area contributed by atoms with Gasteiger partial charge in [0.25, 0.3) is 0 Å². The minimum atomic E-state index is -4.69. The molecule has 0 aromatic carbocycles. The van der Waals surface area contributed by atoms with Gasteiger partial charge >= 0.3 is 6.36 Å². The number of rotatable bonds is 1. The average molecular weight is 135 g/mol. The van der Waals surface area contributed by atoms with E-state index in [4.69, 9.17) is 0 Å². The van der Waals surface area contributed by atoms with Gasteiger partial charge in [-0.25, -0.2) is 0 Å². The standard InChI is InChI=1S/CHClF3NO/c2-6-7-1(3,4)5/h6H. The normalized spacial score (nSPS) is 12.0. The highest BCUT2D eigenvalue weighted by molar-refractivity contribution is 6.12. The molecule has 44 valence electrons. The third-order valence-electron chi connectivity index (χ3n) is 0.154. The van der Waals surface area contributed by atoms with Crippen LogP contribution in [0.4, 0.5) is 13.2 Å². The molecule has 6 heteroatoms. The van der Waals surface area contributed by atoms with Crippen LogP contribution in [0.5, 0.6) is 0 Å². The molecule has 0 fully saturated rings. The van der Waals surface area contributed by atoms with E-state index >= 15 is 0 Å². The summed E-state index contributed by atoms with van der Waals surface area (Å²) >= 11 is 4.29. The van der Waals surface area contributed by atoms with Crippen LogP contribution < -0.4 is 5.00 Å². The molecule has 0 amide bonds. The largest absolute Gasteiger partial charge is 0.540 e. The van der Waals surface area contributed by atoms with Crippen molar-refractivity contribution in [2.75, 3.05) is 0 Å². The van der Waals surface area contributed by atoms with Gasteiger partial charge in [-0.3, -0.25) is 0 Å². The van der Waals surface area contributed by atoms with E-state index < -0.39 is 6.36 Å². The van der Waals surface area contributed by atoms with Crippen LogP contribution in [0.15, 0.2) is 0 Å². The topological polar surface area (TPSA) is 21.3 Å². The van der Waals surface area contributed by atoms with Crippen LogP contribution in [0.2, 0.25) is 0 Å². The van der Waals surface area contributed by atoms with Crippen LogP contribution in [0.25, 0.3) is 0 Å². The SMILES string of the molecule is FC(F)(F)ONCl. The maximum atomic E-state index is 10.7. The van der Waals surface area contributed by atoms with Gasteiger partial charge in [-0.15, -0.1) is 18.2 Å². The summed E-state index contributed by atoms with van der Waals surface area (Å²) in [5, 5.41) is 0. The van der Waals surface area contributed by atoms with E-state index in [1.807, 2.05) is 0 Å². The zero-order valence-corrected chi connectivity index (χ0v) is 3.68. The number of hydrogen-bond donors (Lipinski definition) is 1. The first kappa shape index (κ1) is 7.00.